The molecule has 0 saturated carbocycles. The number of aliphatic hydroxyl groups excluding tert-OH is 1. The molecule has 2 atom stereocenters. The van der Waals surface area contributed by atoms with Crippen LogP contribution in [0.4, 0.5) is 13.2 Å². The molecule has 0 radical (unpaired) electrons. The van der Waals surface area contributed by atoms with Crippen molar-refractivity contribution >= 4 is 0 Å². The number of likely N-dealkylation sites (N-methyl/N-ethyl adjacent to an activating group) is 1. The molecule has 0 bridgehead atoms. The number of rotatable bonds is 7. The highest BCUT2D eigenvalue weighted by Gasteiger charge is 2.35. The zero-order chi connectivity index (χ0) is 19.4. The summed E-state index contributed by atoms with van der Waals surface area (Å²) < 4.78 is 51.0. The van der Waals surface area contributed by atoms with E-state index in [9.17, 15) is 18.3 Å². The number of nitrogens with zero attached hydrogens (tertiary/aromatic N) is 3. The van der Waals surface area contributed by atoms with Crippen LogP contribution in [0.25, 0.3) is 0 Å². The molecule has 2 aliphatic heterocycles. The first-order chi connectivity index (χ1) is 12.8. The number of aromatic nitrogens is 2. The Morgan fingerprint density at radius 3 is 2.81 bits per heavy atom. The Bertz CT molecular complexity index is 602. The Labute approximate surface area is 157 Å². The van der Waals surface area contributed by atoms with E-state index in [0.717, 1.165) is 25.5 Å². The largest absolute Gasteiger partial charge is 0.434 e. The van der Waals surface area contributed by atoms with Crippen LogP contribution in [0.3, 0.4) is 0 Å². The number of hydrogen-bond donors (Lipinski definition) is 1. The van der Waals surface area contributed by atoms with E-state index in [-0.39, 0.29) is 12.0 Å². The molecule has 1 fully saturated rings. The number of fused-ring (bicyclic) bond motifs is 1. The maximum absolute atomic E-state index is 12.8. The summed E-state index contributed by atoms with van der Waals surface area (Å²) >= 11 is 0. The maximum atomic E-state index is 12.8. The van der Waals surface area contributed by atoms with Gasteiger partial charge in [0, 0.05) is 45.5 Å². The second-order valence-corrected chi connectivity index (χ2v) is 7.62. The third kappa shape index (κ3) is 5.91. The summed E-state index contributed by atoms with van der Waals surface area (Å²) in [5.41, 5.74) is -0.813. The summed E-state index contributed by atoms with van der Waals surface area (Å²) in [7, 11) is 1.92. The third-order valence-corrected chi connectivity index (χ3v) is 5.17. The number of imidazole rings is 1. The molecule has 1 N–H and O–H groups in total. The number of ether oxygens (including phenoxy) is 2. The summed E-state index contributed by atoms with van der Waals surface area (Å²) in [6.07, 6.45) is -0.655. The SMILES string of the molecule is CN(CC(O)COC1CCOCC1)CC1CCc2nc(C(F)(F)F)cn2C1. The fourth-order valence-corrected chi connectivity index (χ4v) is 3.82. The highest BCUT2D eigenvalue weighted by molar-refractivity contribution is 5.09. The van der Waals surface area contributed by atoms with Gasteiger partial charge in [-0.3, -0.25) is 0 Å². The lowest BCUT2D eigenvalue weighted by Gasteiger charge is -2.29. The van der Waals surface area contributed by atoms with Crippen LogP contribution in [-0.4, -0.2) is 71.7 Å². The molecule has 154 valence electrons. The lowest BCUT2D eigenvalue weighted by atomic mass is 9.99. The summed E-state index contributed by atoms with van der Waals surface area (Å²) in [5, 5.41) is 10.2. The molecule has 2 unspecified atom stereocenters. The van der Waals surface area contributed by atoms with Gasteiger partial charge in [-0.25, -0.2) is 4.98 Å². The van der Waals surface area contributed by atoms with Crippen LogP contribution in [0, 0.1) is 5.92 Å². The fraction of sp³-hybridized carbons (Fsp3) is 0.833. The van der Waals surface area contributed by atoms with E-state index in [1.807, 2.05) is 11.9 Å². The zero-order valence-electron chi connectivity index (χ0n) is 15.6. The summed E-state index contributed by atoms with van der Waals surface area (Å²) in [6, 6.07) is 0. The molecule has 3 heterocycles. The summed E-state index contributed by atoms with van der Waals surface area (Å²) in [5.74, 6) is 0.743. The minimum atomic E-state index is -4.40. The van der Waals surface area contributed by atoms with Gasteiger partial charge in [0.1, 0.15) is 5.82 Å². The Balaban J connectivity index is 1.41. The van der Waals surface area contributed by atoms with Gasteiger partial charge in [-0.2, -0.15) is 13.2 Å². The van der Waals surface area contributed by atoms with Crippen molar-refractivity contribution < 1.29 is 27.8 Å². The zero-order valence-corrected chi connectivity index (χ0v) is 15.6. The van der Waals surface area contributed by atoms with Gasteiger partial charge in [0.05, 0.1) is 18.8 Å². The Morgan fingerprint density at radius 2 is 2.11 bits per heavy atom. The van der Waals surface area contributed by atoms with Gasteiger partial charge in [-0.15, -0.1) is 0 Å². The minimum Gasteiger partial charge on any atom is -0.389 e. The molecular weight excluding hydrogens is 363 g/mol. The van der Waals surface area contributed by atoms with Crippen molar-refractivity contribution in [1.82, 2.24) is 14.5 Å². The van der Waals surface area contributed by atoms with E-state index in [4.69, 9.17) is 9.47 Å². The van der Waals surface area contributed by atoms with Gasteiger partial charge in [0.15, 0.2) is 5.69 Å². The highest BCUT2D eigenvalue weighted by Crippen LogP contribution is 2.30. The molecule has 9 heteroatoms. The van der Waals surface area contributed by atoms with E-state index < -0.39 is 18.0 Å². The van der Waals surface area contributed by atoms with E-state index in [2.05, 4.69) is 4.98 Å². The van der Waals surface area contributed by atoms with Crippen LogP contribution < -0.4 is 0 Å². The maximum Gasteiger partial charge on any atom is 0.434 e. The molecule has 6 nitrogen and oxygen atoms in total. The summed E-state index contributed by atoms with van der Waals surface area (Å²) in [4.78, 5) is 5.73. The molecule has 0 spiro atoms. The van der Waals surface area contributed by atoms with Crippen molar-refractivity contribution in [2.24, 2.45) is 5.92 Å². The monoisotopic (exact) mass is 391 g/mol. The number of aliphatic hydroxyl groups is 1. The number of halogens is 3. The topological polar surface area (TPSA) is 59.8 Å². The normalized spacial score (nSPS) is 22.8. The molecule has 3 rings (SSSR count). The minimum absolute atomic E-state index is 0.152. The molecule has 1 saturated heterocycles. The molecule has 27 heavy (non-hydrogen) atoms. The van der Waals surface area contributed by atoms with Crippen molar-refractivity contribution in [3.8, 4) is 0 Å². The number of aryl methyl sites for hydroxylation is 1. The molecule has 0 amide bonds. The van der Waals surface area contributed by atoms with Crippen molar-refractivity contribution in [1.29, 1.82) is 0 Å². The molecule has 0 aliphatic carbocycles. The van der Waals surface area contributed by atoms with Crippen LogP contribution in [0.2, 0.25) is 0 Å². The van der Waals surface area contributed by atoms with Gasteiger partial charge >= 0.3 is 6.18 Å². The van der Waals surface area contributed by atoms with E-state index in [1.54, 1.807) is 4.57 Å². The van der Waals surface area contributed by atoms with E-state index in [1.165, 1.54) is 0 Å². The average molecular weight is 391 g/mol. The van der Waals surface area contributed by atoms with Crippen LogP contribution >= 0.6 is 0 Å². The van der Waals surface area contributed by atoms with Crippen LogP contribution in [0.1, 0.15) is 30.8 Å². The van der Waals surface area contributed by atoms with Crippen LogP contribution in [0.15, 0.2) is 6.20 Å². The first kappa shape index (κ1) is 20.6. The second kappa shape index (κ2) is 8.89. The lowest BCUT2D eigenvalue weighted by molar-refractivity contribution is -0.141. The molecule has 2 aliphatic rings. The standard InChI is InChI=1S/C18H28F3N3O3/c1-23(10-14(25)12-27-15-4-6-26-7-5-15)8-13-2-3-17-22-16(18(19,20)21)11-24(17)9-13/h11,13-15,25H,2-10,12H2,1H3. The van der Waals surface area contributed by atoms with Crippen molar-refractivity contribution in [2.75, 3.05) is 40.0 Å². The molecule has 0 aromatic carbocycles. The predicted molar refractivity (Wildman–Crippen MR) is 92.3 cm³/mol. The fourth-order valence-electron chi connectivity index (χ4n) is 3.82. The van der Waals surface area contributed by atoms with Gasteiger partial charge in [-0.1, -0.05) is 0 Å². The van der Waals surface area contributed by atoms with Crippen LogP contribution in [-0.2, 0) is 28.6 Å². The molecule has 1 aromatic heterocycles. The van der Waals surface area contributed by atoms with E-state index in [0.29, 0.717) is 51.7 Å². The van der Waals surface area contributed by atoms with Gasteiger partial charge in [0.2, 0.25) is 0 Å². The Morgan fingerprint density at radius 1 is 1.37 bits per heavy atom. The Hall–Kier alpha value is -1.16. The first-order valence-corrected chi connectivity index (χ1v) is 9.50. The third-order valence-electron chi connectivity index (χ3n) is 5.17. The summed E-state index contributed by atoms with van der Waals surface area (Å²) in [6.45, 7) is 3.42. The molecular formula is C18H28F3N3O3. The highest BCUT2D eigenvalue weighted by atomic mass is 19.4. The quantitative estimate of drug-likeness (QED) is 0.770. The van der Waals surface area contributed by atoms with E-state index >= 15 is 0 Å². The van der Waals surface area contributed by atoms with Crippen molar-refractivity contribution in [3.63, 3.8) is 0 Å². The smallest absolute Gasteiger partial charge is 0.389 e. The predicted octanol–water partition coefficient (Wildman–Crippen LogP) is 1.95. The molecule has 1 aromatic rings. The van der Waals surface area contributed by atoms with Crippen molar-refractivity contribution in [3.05, 3.63) is 17.7 Å². The number of alkyl halides is 3. The average Bonchev–Trinajstić information content (AvgIpc) is 3.04. The lowest BCUT2D eigenvalue weighted by Crippen LogP contribution is -2.38. The Kier molecular flexibility index (Phi) is 6.78. The van der Waals surface area contributed by atoms with Gasteiger partial charge in [0.25, 0.3) is 0 Å². The van der Waals surface area contributed by atoms with Gasteiger partial charge < -0.3 is 24.0 Å². The number of hydrogen-bond acceptors (Lipinski definition) is 5. The first-order valence-electron chi connectivity index (χ1n) is 9.50. The second-order valence-electron chi connectivity index (χ2n) is 7.62. The van der Waals surface area contributed by atoms with Gasteiger partial charge in [-0.05, 0) is 32.2 Å². The van der Waals surface area contributed by atoms with Crippen LogP contribution in [0.5, 0.6) is 0 Å². The van der Waals surface area contributed by atoms with Crippen molar-refractivity contribution in [2.45, 2.75) is 50.6 Å².